The molecule has 1 saturated carbocycles. The van der Waals surface area contributed by atoms with E-state index in [0.29, 0.717) is 0 Å². The summed E-state index contributed by atoms with van der Waals surface area (Å²) < 4.78 is 6.47. The van der Waals surface area contributed by atoms with Gasteiger partial charge in [0, 0.05) is 12.8 Å². The van der Waals surface area contributed by atoms with E-state index >= 15 is 0 Å². The largest absolute Gasteiger partial charge is 0.336 e. The number of hydrogen-bond donors (Lipinski definition) is 0. The average molecular weight is 322 g/mol. The normalized spacial score (nSPS) is 25.7. The molecule has 2 atom stereocenters. The molecule has 2 aromatic rings. The van der Waals surface area contributed by atoms with Crippen molar-refractivity contribution in [3.05, 3.63) is 78.4 Å². The van der Waals surface area contributed by atoms with Gasteiger partial charge in [0.25, 0.3) is 0 Å². The summed E-state index contributed by atoms with van der Waals surface area (Å²) in [7, 11) is 0. The van der Waals surface area contributed by atoms with Crippen LogP contribution in [0.5, 0.6) is 0 Å². The molecule has 124 valence electrons. The first kappa shape index (κ1) is 15.6. The minimum Gasteiger partial charge on any atom is -0.336 e. The van der Waals surface area contributed by atoms with Crippen molar-refractivity contribution in [2.45, 2.75) is 43.7 Å². The second-order valence-corrected chi connectivity index (χ2v) is 6.56. The standard InChI is InChI=1S/C21H22O3/c1-16(17-10-4-2-5-11-17)19-20(18-12-6-3-7-13-18)22-21(24-23-19)14-8-9-15-21/h2-7,10-13,19-20H,1,8-9,14-15H2/t19-,20-/m1/s1. The molecule has 3 nitrogen and oxygen atoms in total. The Bertz CT molecular complexity index is 690. The maximum Gasteiger partial charge on any atom is 0.202 e. The van der Waals surface area contributed by atoms with Crippen molar-refractivity contribution in [3.63, 3.8) is 0 Å². The van der Waals surface area contributed by atoms with Gasteiger partial charge >= 0.3 is 0 Å². The molecule has 2 fully saturated rings. The van der Waals surface area contributed by atoms with Crippen molar-refractivity contribution >= 4 is 5.57 Å². The maximum atomic E-state index is 6.47. The van der Waals surface area contributed by atoms with Crippen LogP contribution < -0.4 is 0 Å². The lowest BCUT2D eigenvalue weighted by Crippen LogP contribution is -2.45. The third kappa shape index (κ3) is 2.91. The molecule has 1 heterocycles. The first-order chi connectivity index (χ1) is 11.8. The summed E-state index contributed by atoms with van der Waals surface area (Å²) in [6.45, 7) is 4.25. The lowest BCUT2D eigenvalue weighted by atomic mass is 9.93. The van der Waals surface area contributed by atoms with Gasteiger partial charge in [-0.3, -0.25) is 0 Å². The molecular weight excluding hydrogens is 300 g/mol. The number of hydrogen-bond acceptors (Lipinski definition) is 3. The second-order valence-electron chi connectivity index (χ2n) is 6.56. The first-order valence-corrected chi connectivity index (χ1v) is 8.59. The molecule has 0 radical (unpaired) electrons. The van der Waals surface area contributed by atoms with Gasteiger partial charge in [0.05, 0.1) is 0 Å². The molecule has 0 bridgehead atoms. The van der Waals surface area contributed by atoms with Crippen molar-refractivity contribution in [2.24, 2.45) is 0 Å². The summed E-state index contributed by atoms with van der Waals surface area (Å²) in [6.07, 6.45) is 3.39. The van der Waals surface area contributed by atoms with Crippen molar-refractivity contribution in [3.8, 4) is 0 Å². The second kappa shape index (κ2) is 6.52. The van der Waals surface area contributed by atoms with Gasteiger partial charge in [-0.25, -0.2) is 9.78 Å². The Morgan fingerprint density at radius 2 is 1.54 bits per heavy atom. The Balaban J connectivity index is 1.66. The van der Waals surface area contributed by atoms with Crippen LogP contribution in [0.4, 0.5) is 0 Å². The van der Waals surface area contributed by atoms with Crippen LogP contribution in [0.2, 0.25) is 0 Å². The summed E-state index contributed by atoms with van der Waals surface area (Å²) in [4.78, 5) is 11.6. The van der Waals surface area contributed by atoms with Gasteiger partial charge in [-0.1, -0.05) is 67.2 Å². The molecule has 0 aromatic heterocycles. The van der Waals surface area contributed by atoms with Gasteiger partial charge < -0.3 is 4.74 Å². The van der Waals surface area contributed by atoms with Crippen LogP contribution in [0.1, 0.15) is 42.9 Å². The monoisotopic (exact) mass is 322 g/mol. The minimum absolute atomic E-state index is 0.217. The Hall–Kier alpha value is -1.94. The highest BCUT2D eigenvalue weighted by Gasteiger charge is 2.47. The number of ether oxygens (including phenoxy) is 1. The fourth-order valence-electron chi connectivity index (χ4n) is 3.56. The zero-order valence-electron chi connectivity index (χ0n) is 13.7. The molecule has 1 aliphatic heterocycles. The lowest BCUT2D eigenvalue weighted by molar-refractivity contribution is -0.493. The van der Waals surface area contributed by atoms with Crippen LogP contribution in [0, 0.1) is 0 Å². The van der Waals surface area contributed by atoms with Crippen molar-refractivity contribution in [1.29, 1.82) is 0 Å². The van der Waals surface area contributed by atoms with Crippen molar-refractivity contribution in [2.75, 3.05) is 0 Å². The van der Waals surface area contributed by atoms with Crippen LogP contribution in [0.25, 0.3) is 5.57 Å². The molecule has 1 aliphatic carbocycles. The van der Waals surface area contributed by atoms with Gasteiger partial charge in [-0.2, -0.15) is 0 Å². The van der Waals surface area contributed by atoms with E-state index in [9.17, 15) is 0 Å². The van der Waals surface area contributed by atoms with Crippen LogP contribution in [0.15, 0.2) is 67.2 Å². The SMILES string of the molecule is C=C(c1ccccc1)[C@H]1OOC2(CCCC2)O[C@@H]1c1ccccc1. The molecule has 1 saturated heterocycles. The van der Waals surface area contributed by atoms with Gasteiger partial charge in [0.1, 0.15) is 12.2 Å². The Labute approximate surface area is 142 Å². The molecule has 2 aromatic carbocycles. The minimum atomic E-state index is -0.603. The van der Waals surface area contributed by atoms with E-state index in [1.165, 1.54) is 0 Å². The van der Waals surface area contributed by atoms with E-state index < -0.39 is 5.79 Å². The molecule has 24 heavy (non-hydrogen) atoms. The number of rotatable bonds is 3. The van der Waals surface area contributed by atoms with Crippen molar-refractivity contribution in [1.82, 2.24) is 0 Å². The summed E-state index contributed by atoms with van der Waals surface area (Å²) in [5.41, 5.74) is 3.00. The Kier molecular flexibility index (Phi) is 4.23. The van der Waals surface area contributed by atoms with Gasteiger partial charge in [0.15, 0.2) is 0 Å². The van der Waals surface area contributed by atoms with Crippen LogP contribution in [-0.2, 0) is 14.5 Å². The van der Waals surface area contributed by atoms with Crippen LogP contribution in [0.3, 0.4) is 0 Å². The number of benzene rings is 2. The first-order valence-electron chi connectivity index (χ1n) is 8.59. The molecule has 0 amide bonds. The molecule has 3 heteroatoms. The van der Waals surface area contributed by atoms with Gasteiger partial charge in [-0.05, 0) is 29.5 Å². The molecule has 0 unspecified atom stereocenters. The average Bonchev–Trinajstić information content (AvgIpc) is 3.10. The van der Waals surface area contributed by atoms with E-state index in [2.05, 4.69) is 18.7 Å². The van der Waals surface area contributed by atoms with E-state index in [-0.39, 0.29) is 12.2 Å². The Morgan fingerprint density at radius 3 is 2.21 bits per heavy atom. The zero-order chi connectivity index (χ0) is 16.4. The summed E-state index contributed by atoms with van der Waals surface area (Å²) in [5, 5.41) is 0. The molecule has 4 rings (SSSR count). The molecule has 2 aliphatic rings. The highest BCUT2D eigenvalue weighted by molar-refractivity contribution is 5.67. The summed E-state index contributed by atoms with van der Waals surface area (Å²) >= 11 is 0. The van der Waals surface area contributed by atoms with Crippen LogP contribution >= 0.6 is 0 Å². The highest BCUT2D eigenvalue weighted by atomic mass is 17.2. The van der Waals surface area contributed by atoms with Gasteiger partial charge in [-0.15, -0.1) is 0 Å². The van der Waals surface area contributed by atoms with Crippen molar-refractivity contribution < 1.29 is 14.5 Å². The quantitative estimate of drug-likeness (QED) is 0.739. The zero-order valence-corrected chi connectivity index (χ0v) is 13.7. The fraction of sp³-hybridized carbons (Fsp3) is 0.333. The van der Waals surface area contributed by atoms with E-state index in [1.54, 1.807) is 0 Å². The third-order valence-corrected chi connectivity index (χ3v) is 4.90. The molecule has 0 N–H and O–H groups in total. The van der Waals surface area contributed by atoms with Crippen LogP contribution in [-0.4, -0.2) is 11.9 Å². The highest BCUT2D eigenvalue weighted by Crippen LogP contribution is 2.46. The predicted molar refractivity (Wildman–Crippen MR) is 92.9 cm³/mol. The molecule has 1 spiro atoms. The summed E-state index contributed by atoms with van der Waals surface area (Å²) in [6, 6.07) is 20.3. The predicted octanol–water partition coefficient (Wildman–Crippen LogP) is 5.06. The maximum absolute atomic E-state index is 6.47. The summed E-state index contributed by atoms with van der Waals surface area (Å²) in [5.74, 6) is -0.603. The third-order valence-electron chi connectivity index (χ3n) is 4.90. The van der Waals surface area contributed by atoms with E-state index in [4.69, 9.17) is 14.5 Å². The fourth-order valence-corrected chi connectivity index (χ4v) is 3.56. The van der Waals surface area contributed by atoms with Gasteiger partial charge in [0.2, 0.25) is 5.79 Å². The van der Waals surface area contributed by atoms with E-state index in [0.717, 1.165) is 42.4 Å². The van der Waals surface area contributed by atoms with E-state index in [1.807, 2.05) is 48.5 Å². The molecular formula is C21H22O3. The topological polar surface area (TPSA) is 27.7 Å². The Morgan fingerprint density at radius 1 is 0.917 bits per heavy atom. The lowest BCUT2D eigenvalue weighted by Gasteiger charge is -2.42. The smallest absolute Gasteiger partial charge is 0.202 e.